The molecular weight excluding hydrogens is 626 g/mol. The third-order valence-electron chi connectivity index (χ3n) is 6.80. The van der Waals surface area contributed by atoms with Gasteiger partial charge in [-0.2, -0.15) is 13.2 Å². The number of anilines is 1. The van der Waals surface area contributed by atoms with Crippen LogP contribution in [-0.2, 0) is 32.3 Å². The Balaban J connectivity index is 2.12. The molecule has 2 amide bonds. The summed E-state index contributed by atoms with van der Waals surface area (Å²) >= 11 is 12.2. The quantitative estimate of drug-likeness (QED) is 0.229. The molecule has 43 heavy (non-hydrogen) atoms. The molecule has 0 aliphatic rings. The number of halogens is 5. The summed E-state index contributed by atoms with van der Waals surface area (Å²) in [4.78, 5) is 28.4. The first-order valence-corrected chi connectivity index (χ1v) is 15.7. The smallest absolute Gasteiger partial charge is 0.352 e. The number of carbonyl (C=O) groups is 2. The maximum absolute atomic E-state index is 14.1. The fraction of sp³-hybridized carbons (Fsp3) is 0.333. The third kappa shape index (κ3) is 8.64. The van der Waals surface area contributed by atoms with Gasteiger partial charge in [-0.15, -0.1) is 0 Å². The van der Waals surface area contributed by atoms with Crippen LogP contribution in [0.5, 0.6) is 0 Å². The van der Waals surface area contributed by atoms with Gasteiger partial charge < -0.3 is 10.2 Å². The lowest BCUT2D eigenvalue weighted by molar-refractivity contribution is -0.140. The van der Waals surface area contributed by atoms with Gasteiger partial charge in [-0.3, -0.25) is 13.9 Å². The van der Waals surface area contributed by atoms with Crippen molar-refractivity contribution in [2.45, 2.75) is 63.3 Å². The summed E-state index contributed by atoms with van der Waals surface area (Å²) < 4.78 is 69.1. The molecule has 0 fully saturated rings. The number of sulfonamides is 1. The molecule has 0 aromatic heterocycles. The molecule has 3 aromatic rings. The number of benzene rings is 3. The van der Waals surface area contributed by atoms with Crippen LogP contribution in [0.1, 0.15) is 44.7 Å². The minimum Gasteiger partial charge on any atom is -0.352 e. The molecule has 0 bridgehead atoms. The Morgan fingerprint density at radius 2 is 1.58 bits per heavy atom. The number of nitrogens with zero attached hydrogens (tertiary/aromatic N) is 2. The predicted molar refractivity (Wildman–Crippen MR) is 161 cm³/mol. The summed E-state index contributed by atoms with van der Waals surface area (Å²) in [6, 6.07) is 14.2. The van der Waals surface area contributed by atoms with Gasteiger partial charge in [-0.1, -0.05) is 67.4 Å². The SMILES string of the molecule is CC[C@H](C(=O)N[C@@H](C)CC)N(Cc1ccc(Cl)c(Cl)c1)C(=O)CN(c1cccc(C(F)(F)F)c1)S(=O)(=O)c1ccccc1. The number of hydrogen-bond acceptors (Lipinski definition) is 4. The Kier molecular flexibility index (Phi) is 11.5. The van der Waals surface area contributed by atoms with Crippen LogP contribution < -0.4 is 9.62 Å². The van der Waals surface area contributed by atoms with E-state index in [1.165, 1.54) is 47.4 Å². The lowest BCUT2D eigenvalue weighted by Gasteiger charge is -2.34. The van der Waals surface area contributed by atoms with E-state index < -0.39 is 46.2 Å². The fourth-order valence-electron chi connectivity index (χ4n) is 4.28. The molecule has 3 rings (SSSR count). The molecule has 0 radical (unpaired) electrons. The lowest BCUT2D eigenvalue weighted by atomic mass is 10.1. The van der Waals surface area contributed by atoms with E-state index in [0.717, 1.165) is 12.1 Å². The van der Waals surface area contributed by atoms with Gasteiger partial charge in [0.15, 0.2) is 0 Å². The molecule has 7 nitrogen and oxygen atoms in total. The summed E-state index contributed by atoms with van der Waals surface area (Å²) in [6.45, 7) is 4.35. The van der Waals surface area contributed by atoms with E-state index in [1.54, 1.807) is 26.0 Å². The molecule has 2 atom stereocenters. The monoisotopic (exact) mass is 657 g/mol. The Morgan fingerprint density at radius 3 is 2.16 bits per heavy atom. The maximum atomic E-state index is 14.1. The van der Waals surface area contributed by atoms with Crippen molar-refractivity contribution in [3.8, 4) is 0 Å². The van der Waals surface area contributed by atoms with E-state index in [9.17, 15) is 31.2 Å². The van der Waals surface area contributed by atoms with Gasteiger partial charge in [0.2, 0.25) is 11.8 Å². The zero-order valence-corrected chi connectivity index (χ0v) is 26.1. The van der Waals surface area contributed by atoms with Gasteiger partial charge in [0.05, 0.1) is 26.2 Å². The average Bonchev–Trinajstić information content (AvgIpc) is 2.97. The van der Waals surface area contributed by atoms with Crippen LogP contribution in [0, 0.1) is 0 Å². The number of rotatable bonds is 12. The van der Waals surface area contributed by atoms with E-state index in [0.29, 0.717) is 22.4 Å². The van der Waals surface area contributed by atoms with Crippen molar-refractivity contribution in [2.24, 2.45) is 0 Å². The molecule has 0 unspecified atom stereocenters. The van der Waals surface area contributed by atoms with E-state index in [4.69, 9.17) is 23.2 Å². The zero-order chi connectivity index (χ0) is 31.9. The Hall–Kier alpha value is -3.28. The normalized spacial score (nSPS) is 13.2. The third-order valence-corrected chi connectivity index (χ3v) is 9.32. The summed E-state index contributed by atoms with van der Waals surface area (Å²) in [5, 5.41) is 3.33. The molecule has 0 aliphatic heterocycles. The van der Waals surface area contributed by atoms with Crippen molar-refractivity contribution in [2.75, 3.05) is 10.8 Å². The number of carbonyl (C=O) groups excluding carboxylic acids is 2. The first-order chi connectivity index (χ1) is 20.2. The topological polar surface area (TPSA) is 86.8 Å². The standard InChI is InChI=1S/C30H32Cl2F3N3O4S/c1-4-20(3)36-29(40)27(5-2)37(18-21-14-15-25(31)26(32)16-21)28(39)19-38(43(41,42)24-12-7-6-8-13-24)23-11-9-10-22(17-23)30(33,34)35/h6-17,20,27H,4-5,18-19H2,1-3H3,(H,36,40)/t20-,27+/m0/s1. The largest absolute Gasteiger partial charge is 0.416 e. The van der Waals surface area contributed by atoms with Crippen molar-refractivity contribution in [1.29, 1.82) is 0 Å². The number of alkyl halides is 3. The van der Waals surface area contributed by atoms with E-state index in [1.807, 2.05) is 6.92 Å². The average molecular weight is 659 g/mol. The molecule has 0 spiro atoms. The van der Waals surface area contributed by atoms with Crippen LogP contribution in [0.4, 0.5) is 18.9 Å². The van der Waals surface area contributed by atoms with Crippen LogP contribution in [0.25, 0.3) is 0 Å². The van der Waals surface area contributed by atoms with Gasteiger partial charge in [0.25, 0.3) is 10.0 Å². The number of hydrogen-bond donors (Lipinski definition) is 1. The fourth-order valence-corrected chi connectivity index (χ4v) is 6.03. The predicted octanol–water partition coefficient (Wildman–Crippen LogP) is 6.93. The molecule has 0 heterocycles. The second-order valence-electron chi connectivity index (χ2n) is 9.88. The number of nitrogens with one attached hydrogen (secondary N) is 1. The van der Waals surface area contributed by atoms with E-state index in [2.05, 4.69) is 5.32 Å². The molecule has 0 saturated carbocycles. The van der Waals surface area contributed by atoms with Crippen molar-refractivity contribution in [3.05, 3.63) is 94.0 Å². The highest BCUT2D eigenvalue weighted by Gasteiger charge is 2.36. The minimum atomic E-state index is -4.76. The maximum Gasteiger partial charge on any atom is 0.416 e. The van der Waals surface area contributed by atoms with Crippen LogP contribution >= 0.6 is 23.2 Å². The minimum absolute atomic E-state index is 0.149. The van der Waals surface area contributed by atoms with Gasteiger partial charge in [0.1, 0.15) is 12.6 Å². The van der Waals surface area contributed by atoms with Crippen molar-refractivity contribution in [3.63, 3.8) is 0 Å². The second kappa shape index (κ2) is 14.5. The molecule has 232 valence electrons. The van der Waals surface area contributed by atoms with Crippen LogP contribution in [-0.4, -0.2) is 43.8 Å². The van der Waals surface area contributed by atoms with E-state index >= 15 is 0 Å². The Labute approximate surface area is 259 Å². The van der Waals surface area contributed by atoms with Crippen LogP contribution in [0.3, 0.4) is 0 Å². The van der Waals surface area contributed by atoms with Crippen LogP contribution in [0.2, 0.25) is 10.0 Å². The first-order valence-electron chi connectivity index (χ1n) is 13.5. The molecule has 3 aromatic carbocycles. The highest BCUT2D eigenvalue weighted by Crippen LogP contribution is 2.33. The molecule has 0 aliphatic carbocycles. The van der Waals surface area contributed by atoms with Crippen LogP contribution in [0.15, 0.2) is 77.7 Å². The zero-order valence-electron chi connectivity index (χ0n) is 23.7. The van der Waals surface area contributed by atoms with Crippen molar-refractivity contribution < 1.29 is 31.2 Å². The van der Waals surface area contributed by atoms with Gasteiger partial charge in [-0.25, -0.2) is 8.42 Å². The van der Waals surface area contributed by atoms with E-state index in [-0.39, 0.29) is 39.6 Å². The molecule has 0 saturated heterocycles. The molecule has 13 heteroatoms. The lowest BCUT2D eigenvalue weighted by Crippen LogP contribution is -2.53. The van der Waals surface area contributed by atoms with Gasteiger partial charge in [-0.05, 0) is 67.8 Å². The van der Waals surface area contributed by atoms with Gasteiger partial charge in [0, 0.05) is 12.6 Å². The summed E-state index contributed by atoms with van der Waals surface area (Å²) in [5.74, 6) is -1.27. The Bertz CT molecular complexity index is 1540. The summed E-state index contributed by atoms with van der Waals surface area (Å²) in [5.41, 5.74) is -0.939. The second-order valence-corrected chi connectivity index (χ2v) is 12.6. The first kappa shape index (κ1) is 34.2. The summed E-state index contributed by atoms with van der Waals surface area (Å²) in [7, 11) is -4.53. The summed E-state index contributed by atoms with van der Waals surface area (Å²) in [6.07, 6.45) is -3.96. The van der Waals surface area contributed by atoms with Gasteiger partial charge >= 0.3 is 6.18 Å². The highest BCUT2D eigenvalue weighted by atomic mass is 35.5. The number of amides is 2. The Morgan fingerprint density at radius 1 is 0.907 bits per heavy atom. The van der Waals surface area contributed by atoms with Crippen molar-refractivity contribution in [1.82, 2.24) is 10.2 Å². The van der Waals surface area contributed by atoms with Crippen molar-refractivity contribution >= 4 is 50.7 Å². The highest BCUT2D eigenvalue weighted by molar-refractivity contribution is 7.92. The molecular formula is C30H32Cl2F3N3O4S. The molecule has 1 N–H and O–H groups in total.